The Bertz CT molecular complexity index is 116. The Kier molecular flexibility index (Phi) is 2.94. The van der Waals surface area contributed by atoms with Crippen LogP contribution in [0.5, 0.6) is 0 Å². The van der Waals surface area contributed by atoms with E-state index in [0.717, 1.165) is 25.2 Å². The second-order valence-electron chi connectivity index (χ2n) is 4.18. The minimum atomic E-state index is -0.229. The van der Waals surface area contributed by atoms with Crippen molar-refractivity contribution in [1.29, 1.82) is 0 Å². The van der Waals surface area contributed by atoms with Gasteiger partial charge in [0.1, 0.15) is 0 Å². The fraction of sp³-hybridized carbons (Fsp3) is 1.00. The molecule has 0 aromatic rings. The molecule has 1 heteroatoms. The van der Waals surface area contributed by atoms with Crippen LogP contribution in [0, 0.1) is 5.92 Å². The predicted molar refractivity (Wildman–Crippen MR) is 47.5 cm³/mol. The van der Waals surface area contributed by atoms with Gasteiger partial charge in [0.2, 0.25) is 0 Å². The van der Waals surface area contributed by atoms with Crippen molar-refractivity contribution in [1.82, 2.24) is 0 Å². The van der Waals surface area contributed by atoms with E-state index in [1.807, 2.05) is 0 Å². The number of aliphatic hydroxyl groups is 1. The van der Waals surface area contributed by atoms with Crippen molar-refractivity contribution >= 4 is 0 Å². The van der Waals surface area contributed by atoms with Crippen LogP contribution < -0.4 is 0 Å². The van der Waals surface area contributed by atoms with Gasteiger partial charge in [-0.2, -0.15) is 0 Å². The lowest BCUT2D eigenvalue weighted by Gasteiger charge is -2.14. The smallest absolute Gasteiger partial charge is 0.0652 e. The molecule has 1 fully saturated rings. The average molecular weight is 156 g/mol. The highest BCUT2D eigenvalue weighted by molar-refractivity contribution is 4.94. The molecule has 0 bridgehead atoms. The van der Waals surface area contributed by atoms with E-state index in [2.05, 4.69) is 13.8 Å². The number of rotatable bonds is 5. The molecular weight excluding hydrogens is 136 g/mol. The van der Waals surface area contributed by atoms with E-state index in [1.165, 1.54) is 19.3 Å². The van der Waals surface area contributed by atoms with Gasteiger partial charge in [0.15, 0.2) is 0 Å². The Morgan fingerprint density at radius 3 is 2.55 bits per heavy atom. The normalized spacial score (nSPS) is 23.2. The Labute approximate surface area is 69.8 Å². The van der Waals surface area contributed by atoms with Crippen molar-refractivity contribution in [3.63, 3.8) is 0 Å². The van der Waals surface area contributed by atoms with Gasteiger partial charge in [0.25, 0.3) is 0 Å². The zero-order valence-corrected chi connectivity index (χ0v) is 7.77. The van der Waals surface area contributed by atoms with Crippen LogP contribution in [0.25, 0.3) is 0 Å². The van der Waals surface area contributed by atoms with Gasteiger partial charge in [-0.1, -0.05) is 33.1 Å². The summed E-state index contributed by atoms with van der Waals surface area (Å²) in [6.07, 6.45) is 7.01. The highest BCUT2D eigenvalue weighted by atomic mass is 16.3. The molecule has 1 aliphatic carbocycles. The van der Waals surface area contributed by atoms with Gasteiger partial charge in [0.05, 0.1) is 5.60 Å². The Morgan fingerprint density at radius 1 is 1.45 bits per heavy atom. The van der Waals surface area contributed by atoms with E-state index < -0.39 is 0 Å². The largest absolute Gasteiger partial charge is 0.390 e. The average Bonchev–Trinajstić information content (AvgIpc) is 2.63. The zero-order valence-electron chi connectivity index (χ0n) is 7.77. The van der Waals surface area contributed by atoms with Crippen LogP contribution in [-0.4, -0.2) is 10.7 Å². The SMILES string of the molecule is CCCC[C@@H](C)CC1(O)CC1. The summed E-state index contributed by atoms with van der Waals surface area (Å²) in [5.41, 5.74) is -0.229. The Balaban J connectivity index is 2.05. The van der Waals surface area contributed by atoms with Crippen molar-refractivity contribution in [2.24, 2.45) is 5.92 Å². The third-order valence-corrected chi connectivity index (χ3v) is 2.61. The van der Waals surface area contributed by atoms with Crippen molar-refractivity contribution in [3.05, 3.63) is 0 Å². The van der Waals surface area contributed by atoms with Gasteiger partial charge in [0, 0.05) is 0 Å². The van der Waals surface area contributed by atoms with Crippen molar-refractivity contribution in [2.75, 3.05) is 0 Å². The first kappa shape index (κ1) is 9.05. The fourth-order valence-electron chi connectivity index (χ4n) is 1.65. The van der Waals surface area contributed by atoms with Gasteiger partial charge >= 0.3 is 0 Å². The fourth-order valence-corrected chi connectivity index (χ4v) is 1.65. The Hall–Kier alpha value is -0.0400. The van der Waals surface area contributed by atoms with Gasteiger partial charge in [-0.25, -0.2) is 0 Å². The molecule has 0 saturated heterocycles. The number of hydrogen-bond donors (Lipinski definition) is 1. The molecule has 1 rings (SSSR count). The summed E-state index contributed by atoms with van der Waals surface area (Å²) < 4.78 is 0. The lowest BCUT2D eigenvalue weighted by molar-refractivity contribution is 0.119. The molecule has 0 aromatic heterocycles. The maximum atomic E-state index is 9.60. The predicted octanol–water partition coefficient (Wildman–Crippen LogP) is 2.73. The van der Waals surface area contributed by atoms with Gasteiger partial charge in [-0.15, -0.1) is 0 Å². The van der Waals surface area contributed by atoms with Gasteiger partial charge < -0.3 is 5.11 Å². The van der Waals surface area contributed by atoms with Crippen molar-refractivity contribution in [3.8, 4) is 0 Å². The molecule has 1 aliphatic rings. The first-order chi connectivity index (χ1) is 5.16. The summed E-state index contributed by atoms with van der Waals surface area (Å²) in [5.74, 6) is 0.724. The molecule has 0 unspecified atom stereocenters. The zero-order chi connectivity index (χ0) is 8.32. The summed E-state index contributed by atoms with van der Waals surface area (Å²) in [4.78, 5) is 0. The van der Waals surface area contributed by atoms with Crippen LogP contribution in [-0.2, 0) is 0 Å². The monoisotopic (exact) mass is 156 g/mol. The molecule has 0 spiro atoms. The van der Waals surface area contributed by atoms with Crippen LogP contribution in [0.2, 0.25) is 0 Å². The molecule has 1 atom stereocenters. The molecule has 1 nitrogen and oxygen atoms in total. The highest BCUT2D eigenvalue weighted by Crippen LogP contribution is 2.41. The van der Waals surface area contributed by atoms with E-state index in [-0.39, 0.29) is 5.60 Å². The van der Waals surface area contributed by atoms with E-state index >= 15 is 0 Å². The van der Waals surface area contributed by atoms with E-state index in [4.69, 9.17) is 0 Å². The van der Waals surface area contributed by atoms with Crippen LogP contribution in [0.4, 0.5) is 0 Å². The number of unbranched alkanes of at least 4 members (excludes halogenated alkanes) is 1. The summed E-state index contributed by atoms with van der Waals surface area (Å²) in [6, 6.07) is 0. The molecule has 0 radical (unpaired) electrons. The minimum Gasteiger partial charge on any atom is -0.390 e. The third kappa shape index (κ3) is 3.24. The van der Waals surface area contributed by atoms with Gasteiger partial charge in [-0.3, -0.25) is 0 Å². The molecular formula is C10H20O. The molecule has 66 valence electrons. The first-order valence-electron chi connectivity index (χ1n) is 4.89. The standard InChI is InChI=1S/C10H20O/c1-3-4-5-9(2)8-10(11)6-7-10/h9,11H,3-8H2,1-2H3/t9-/m1/s1. The quantitative estimate of drug-likeness (QED) is 0.649. The topological polar surface area (TPSA) is 20.2 Å². The van der Waals surface area contributed by atoms with Crippen LogP contribution >= 0.6 is 0 Å². The summed E-state index contributed by atoms with van der Waals surface area (Å²) in [5, 5.41) is 9.60. The third-order valence-electron chi connectivity index (χ3n) is 2.61. The molecule has 0 aliphatic heterocycles. The van der Waals surface area contributed by atoms with Crippen molar-refractivity contribution < 1.29 is 5.11 Å². The lowest BCUT2D eigenvalue weighted by Crippen LogP contribution is -2.12. The minimum absolute atomic E-state index is 0.229. The summed E-state index contributed by atoms with van der Waals surface area (Å²) >= 11 is 0. The maximum Gasteiger partial charge on any atom is 0.0652 e. The highest BCUT2D eigenvalue weighted by Gasteiger charge is 2.40. The molecule has 11 heavy (non-hydrogen) atoms. The molecule has 0 aromatic carbocycles. The van der Waals surface area contributed by atoms with E-state index in [0.29, 0.717) is 0 Å². The maximum absolute atomic E-state index is 9.60. The second-order valence-corrected chi connectivity index (χ2v) is 4.18. The van der Waals surface area contributed by atoms with Gasteiger partial charge in [-0.05, 0) is 25.2 Å². The molecule has 0 heterocycles. The first-order valence-corrected chi connectivity index (χ1v) is 4.89. The summed E-state index contributed by atoms with van der Waals surface area (Å²) in [7, 11) is 0. The molecule has 1 N–H and O–H groups in total. The lowest BCUT2D eigenvalue weighted by atomic mass is 9.96. The van der Waals surface area contributed by atoms with Crippen LogP contribution in [0.15, 0.2) is 0 Å². The van der Waals surface area contributed by atoms with Crippen LogP contribution in [0.1, 0.15) is 52.4 Å². The Morgan fingerprint density at radius 2 is 2.09 bits per heavy atom. The molecule has 0 amide bonds. The van der Waals surface area contributed by atoms with Crippen molar-refractivity contribution in [2.45, 2.75) is 58.0 Å². The van der Waals surface area contributed by atoms with E-state index in [1.54, 1.807) is 0 Å². The number of hydrogen-bond acceptors (Lipinski definition) is 1. The van der Waals surface area contributed by atoms with E-state index in [9.17, 15) is 5.11 Å². The van der Waals surface area contributed by atoms with Crippen LogP contribution in [0.3, 0.4) is 0 Å². The second kappa shape index (κ2) is 3.57. The molecule has 1 saturated carbocycles. The summed E-state index contributed by atoms with van der Waals surface area (Å²) in [6.45, 7) is 4.48.